The van der Waals surface area contributed by atoms with Gasteiger partial charge in [0.2, 0.25) is 0 Å². The van der Waals surface area contributed by atoms with E-state index >= 15 is 0 Å². The maximum atomic E-state index is 9.72. The Hall–Kier alpha value is -2.70. The highest BCUT2D eigenvalue weighted by molar-refractivity contribution is 5.92. The number of nitrogens with zero attached hydrogens (tertiary/aromatic N) is 3. The first-order chi connectivity index (χ1) is 12.1. The minimum absolute atomic E-state index is 0.203. The second kappa shape index (κ2) is 7.46. The first kappa shape index (κ1) is 17.1. The number of aromatic nitrogens is 2. The number of hydrogen-bond acceptors (Lipinski definition) is 6. The second-order valence-corrected chi connectivity index (χ2v) is 6.14. The Morgan fingerprint density at radius 1 is 1.20 bits per heavy atom. The summed E-state index contributed by atoms with van der Waals surface area (Å²) in [5, 5.41) is 13.8. The summed E-state index contributed by atoms with van der Waals surface area (Å²) in [7, 11) is 4.02. The van der Waals surface area contributed by atoms with E-state index in [9.17, 15) is 5.11 Å². The molecule has 6 heteroatoms. The summed E-state index contributed by atoms with van der Waals surface area (Å²) in [6.07, 6.45) is 1.15. The lowest BCUT2D eigenvalue weighted by atomic mass is 10.1. The maximum Gasteiger partial charge on any atom is 0.136 e. The first-order valence-corrected chi connectivity index (χ1v) is 8.24. The van der Waals surface area contributed by atoms with Gasteiger partial charge in [0.25, 0.3) is 0 Å². The monoisotopic (exact) mass is 337 g/mol. The number of nitrogens with one attached hydrogen (secondary N) is 1. The minimum atomic E-state index is -0.614. The SMILES string of the molecule is CN(C)c1ccc(-c2cc3ncccc3c(NC[C@@H](O)CN)n2)cc1. The average molecular weight is 337 g/mol. The summed E-state index contributed by atoms with van der Waals surface area (Å²) < 4.78 is 0. The highest BCUT2D eigenvalue weighted by Gasteiger charge is 2.10. The molecular weight excluding hydrogens is 314 g/mol. The highest BCUT2D eigenvalue weighted by atomic mass is 16.3. The fourth-order valence-electron chi connectivity index (χ4n) is 2.59. The molecule has 0 bridgehead atoms. The average Bonchev–Trinajstić information content (AvgIpc) is 2.65. The van der Waals surface area contributed by atoms with E-state index in [4.69, 9.17) is 10.7 Å². The van der Waals surface area contributed by atoms with Crippen molar-refractivity contribution in [2.24, 2.45) is 5.73 Å². The highest BCUT2D eigenvalue weighted by Crippen LogP contribution is 2.27. The maximum absolute atomic E-state index is 9.72. The Morgan fingerprint density at radius 3 is 2.64 bits per heavy atom. The molecule has 1 aromatic carbocycles. The van der Waals surface area contributed by atoms with Gasteiger partial charge in [0.15, 0.2) is 0 Å². The van der Waals surface area contributed by atoms with Crippen LogP contribution in [0.4, 0.5) is 11.5 Å². The van der Waals surface area contributed by atoms with Crippen LogP contribution in [0.5, 0.6) is 0 Å². The molecule has 0 aliphatic rings. The molecule has 0 amide bonds. The summed E-state index contributed by atoms with van der Waals surface area (Å²) in [4.78, 5) is 11.2. The molecular formula is C19H23N5O. The molecule has 3 rings (SSSR count). The number of hydrogen-bond donors (Lipinski definition) is 3. The zero-order chi connectivity index (χ0) is 17.8. The van der Waals surface area contributed by atoms with Crippen molar-refractivity contribution in [2.75, 3.05) is 37.4 Å². The Morgan fingerprint density at radius 2 is 1.96 bits per heavy atom. The molecule has 0 saturated carbocycles. The minimum Gasteiger partial charge on any atom is -0.390 e. The fourth-order valence-corrected chi connectivity index (χ4v) is 2.59. The van der Waals surface area contributed by atoms with E-state index < -0.39 is 6.10 Å². The van der Waals surface area contributed by atoms with Crippen LogP contribution in [0.25, 0.3) is 22.2 Å². The third-order valence-electron chi connectivity index (χ3n) is 4.06. The molecule has 0 radical (unpaired) electrons. The van der Waals surface area contributed by atoms with E-state index in [-0.39, 0.29) is 6.54 Å². The molecule has 4 N–H and O–H groups in total. The van der Waals surface area contributed by atoms with Crippen molar-refractivity contribution in [1.82, 2.24) is 9.97 Å². The second-order valence-electron chi connectivity index (χ2n) is 6.14. The van der Waals surface area contributed by atoms with Gasteiger partial charge in [-0.15, -0.1) is 0 Å². The van der Waals surface area contributed by atoms with Crippen molar-refractivity contribution in [3.05, 3.63) is 48.7 Å². The van der Waals surface area contributed by atoms with Gasteiger partial charge in [-0.05, 0) is 30.3 Å². The molecule has 0 spiro atoms. The number of aliphatic hydroxyl groups is 1. The van der Waals surface area contributed by atoms with Crippen molar-refractivity contribution in [2.45, 2.75) is 6.10 Å². The molecule has 1 atom stereocenters. The van der Waals surface area contributed by atoms with E-state index in [1.807, 2.05) is 44.4 Å². The molecule has 0 saturated heterocycles. The number of anilines is 2. The molecule has 0 unspecified atom stereocenters. The summed E-state index contributed by atoms with van der Waals surface area (Å²) >= 11 is 0. The van der Waals surface area contributed by atoms with Crippen LogP contribution in [0.15, 0.2) is 48.7 Å². The van der Waals surface area contributed by atoms with Gasteiger partial charge in [-0.3, -0.25) is 4.98 Å². The van der Waals surface area contributed by atoms with Crippen LogP contribution < -0.4 is 16.0 Å². The standard InChI is InChI=1S/C19H23N5O/c1-24(2)14-7-5-13(6-8-14)17-10-18-16(4-3-9-21-18)19(23-17)22-12-15(25)11-20/h3-10,15,25H,11-12,20H2,1-2H3,(H,22,23)/t15-/m0/s1. The normalized spacial score (nSPS) is 12.2. The lowest BCUT2D eigenvalue weighted by molar-refractivity contribution is 0.196. The molecule has 130 valence electrons. The van der Waals surface area contributed by atoms with Crippen LogP contribution >= 0.6 is 0 Å². The van der Waals surface area contributed by atoms with Crippen molar-refractivity contribution >= 4 is 22.4 Å². The quantitative estimate of drug-likeness (QED) is 0.638. The Labute approximate surface area is 147 Å². The molecule has 0 fully saturated rings. The zero-order valence-corrected chi connectivity index (χ0v) is 14.5. The van der Waals surface area contributed by atoms with Gasteiger partial charge in [0.05, 0.1) is 17.3 Å². The predicted molar refractivity (Wildman–Crippen MR) is 103 cm³/mol. The van der Waals surface area contributed by atoms with Crippen LogP contribution in [0.3, 0.4) is 0 Å². The van der Waals surface area contributed by atoms with Crippen LogP contribution in [0, 0.1) is 0 Å². The number of fused-ring (bicyclic) bond motifs is 1. The van der Waals surface area contributed by atoms with Gasteiger partial charge in [0, 0.05) is 50.0 Å². The lowest BCUT2D eigenvalue weighted by Crippen LogP contribution is -2.28. The van der Waals surface area contributed by atoms with Crippen molar-refractivity contribution in [3.8, 4) is 11.3 Å². The number of benzene rings is 1. The number of pyridine rings is 2. The largest absolute Gasteiger partial charge is 0.390 e. The van der Waals surface area contributed by atoms with Gasteiger partial charge >= 0.3 is 0 Å². The first-order valence-electron chi connectivity index (χ1n) is 8.24. The van der Waals surface area contributed by atoms with Gasteiger partial charge in [-0.1, -0.05) is 12.1 Å². The number of aliphatic hydroxyl groups excluding tert-OH is 1. The molecule has 0 aliphatic heterocycles. The summed E-state index contributed by atoms with van der Waals surface area (Å²) in [6.45, 7) is 0.547. The Balaban J connectivity index is 2.00. The fraction of sp³-hybridized carbons (Fsp3) is 0.263. The van der Waals surface area contributed by atoms with Gasteiger partial charge in [0.1, 0.15) is 5.82 Å². The molecule has 3 aromatic rings. The molecule has 2 aromatic heterocycles. The summed E-state index contributed by atoms with van der Waals surface area (Å²) in [5.41, 5.74) is 9.32. The number of nitrogens with two attached hydrogens (primary N) is 1. The Bertz CT molecular complexity index is 848. The molecule has 25 heavy (non-hydrogen) atoms. The van der Waals surface area contributed by atoms with E-state index in [0.29, 0.717) is 12.4 Å². The van der Waals surface area contributed by atoms with Gasteiger partial charge < -0.3 is 21.1 Å². The van der Waals surface area contributed by atoms with Gasteiger partial charge in [-0.25, -0.2) is 4.98 Å². The van der Waals surface area contributed by atoms with Crippen LogP contribution in [-0.2, 0) is 0 Å². The zero-order valence-electron chi connectivity index (χ0n) is 14.5. The van der Waals surface area contributed by atoms with Crippen molar-refractivity contribution < 1.29 is 5.11 Å². The predicted octanol–water partition coefficient (Wildman–Crippen LogP) is 2.09. The van der Waals surface area contributed by atoms with Crippen molar-refractivity contribution in [3.63, 3.8) is 0 Å². The van der Waals surface area contributed by atoms with Gasteiger partial charge in [-0.2, -0.15) is 0 Å². The summed E-state index contributed by atoms with van der Waals surface area (Å²) in [6, 6.07) is 14.0. The smallest absolute Gasteiger partial charge is 0.136 e. The third-order valence-corrected chi connectivity index (χ3v) is 4.06. The van der Waals surface area contributed by atoms with Crippen molar-refractivity contribution in [1.29, 1.82) is 0 Å². The third kappa shape index (κ3) is 3.87. The van der Waals surface area contributed by atoms with E-state index in [2.05, 4.69) is 27.3 Å². The van der Waals surface area contributed by atoms with Crippen LogP contribution in [0.2, 0.25) is 0 Å². The topological polar surface area (TPSA) is 87.3 Å². The summed E-state index contributed by atoms with van der Waals surface area (Å²) in [5.74, 6) is 0.699. The number of rotatable bonds is 6. The molecule has 2 heterocycles. The van der Waals surface area contributed by atoms with E-state index in [1.54, 1.807) is 6.20 Å². The molecule has 0 aliphatic carbocycles. The lowest BCUT2D eigenvalue weighted by Gasteiger charge is -2.15. The van der Waals surface area contributed by atoms with Crippen LogP contribution in [0.1, 0.15) is 0 Å². The van der Waals surface area contributed by atoms with E-state index in [1.165, 1.54) is 0 Å². The molecule has 6 nitrogen and oxygen atoms in total. The Kier molecular flexibility index (Phi) is 5.11. The van der Waals surface area contributed by atoms with E-state index in [0.717, 1.165) is 27.8 Å². The van der Waals surface area contributed by atoms with Crippen LogP contribution in [-0.4, -0.2) is 48.4 Å².